The molecule has 0 unspecified atom stereocenters. The number of urea groups is 1. The van der Waals surface area contributed by atoms with E-state index in [-0.39, 0.29) is 24.5 Å². The van der Waals surface area contributed by atoms with Crippen molar-refractivity contribution in [1.29, 1.82) is 0 Å². The maximum atomic E-state index is 10.7. The van der Waals surface area contributed by atoms with E-state index in [4.69, 9.17) is 5.73 Å². The fraction of sp³-hybridized carbons (Fsp3) is 0.800. The molecular formula is C5H12ClN3O. The van der Waals surface area contributed by atoms with E-state index in [1.807, 2.05) is 0 Å². The molecule has 1 aliphatic heterocycles. The number of likely N-dealkylation sites (tertiary alicyclic amines) is 1. The summed E-state index contributed by atoms with van der Waals surface area (Å²) in [6, 6.07) is 0.166. The van der Waals surface area contributed by atoms with Gasteiger partial charge in [-0.3, -0.25) is 0 Å². The van der Waals surface area contributed by atoms with E-state index < -0.39 is 0 Å². The average Bonchev–Trinajstić information content (AvgIpc) is 1.79. The Morgan fingerprint density at radius 1 is 1.70 bits per heavy atom. The van der Waals surface area contributed by atoms with E-state index in [0.717, 1.165) is 0 Å². The second-order valence-corrected chi connectivity index (χ2v) is 2.22. The molecule has 1 heterocycles. The Hall–Kier alpha value is -0.480. The van der Waals surface area contributed by atoms with Crippen LogP contribution in [0.3, 0.4) is 0 Å². The third-order valence-electron chi connectivity index (χ3n) is 1.41. The van der Waals surface area contributed by atoms with Crippen molar-refractivity contribution < 1.29 is 4.79 Å². The molecule has 0 radical (unpaired) electrons. The number of amides is 2. The molecule has 0 spiro atoms. The largest absolute Gasteiger partial charge is 0.341 e. The van der Waals surface area contributed by atoms with Crippen LogP contribution in [-0.4, -0.2) is 37.1 Å². The van der Waals surface area contributed by atoms with Gasteiger partial charge in [-0.05, 0) is 0 Å². The molecule has 60 valence electrons. The highest BCUT2D eigenvalue weighted by Gasteiger charge is 2.26. The van der Waals surface area contributed by atoms with Gasteiger partial charge in [0.2, 0.25) is 0 Å². The van der Waals surface area contributed by atoms with Crippen LogP contribution in [-0.2, 0) is 0 Å². The highest BCUT2D eigenvalue weighted by atomic mass is 35.5. The molecule has 2 amide bonds. The van der Waals surface area contributed by atoms with E-state index in [9.17, 15) is 4.79 Å². The Morgan fingerprint density at radius 2 is 2.20 bits per heavy atom. The van der Waals surface area contributed by atoms with E-state index in [1.165, 1.54) is 0 Å². The number of carbonyl (C=O) groups is 1. The van der Waals surface area contributed by atoms with E-state index in [2.05, 4.69) is 5.32 Å². The van der Waals surface area contributed by atoms with Gasteiger partial charge in [0.1, 0.15) is 0 Å². The Labute approximate surface area is 66.2 Å². The summed E-state index contributed by atoms with van der Waals surface area (Å²) in [4.78, 5) is 12.4. The number of nitrogens with one attached hydrogen (secondary N) is 1. The van der Waals surface area contributed by atoms with Crippen molar-refractivity contribution in [2.24, 2.45) is 5.73 Å². The molecule has 0 aromatic heterocycles. The molecule has 0 aromatic rings. The lowest BCUT2D eigenvalue weighted by molar-refractivity contribution is 0.154. The first kappa shape index (κ1) is 9.52. The number of halogens is 1. The summed E-state index contributed by atoms with van der Waals surface area (Å²) < 4.78 is 0. The van der Waals surface area contributed by atoms with Crippen molar-refractivity contribution in [2.75, 3.05) is 20.1 Å². The zero-order chi connectivity index (χ0) is 6.85. The summed E-state index contributed by atoms with van der Waals surface area (Å²) >= 11 is 0. The molecule has 0 aromatic carbocycles. The van der Waals surface area contributed by atoms with E-state index >= 15 is 0 Å². The lowest BCUT2D eigenvalue weighted by atomic mass is 10.1. The van der Waals surface area contributed by atoms with Gasteiger partial charge >= 0.3 is 6.03 Å². The van der Waals surface area contributed by atoms with Crippen LogP contribution in [0.5, 0.6) is 0 Å². The van der Waals surface area contributed by atoms with Crippen LogP contribution in [0.4, 0.5) is 4.79 Å². The van der Waals surface area contributed by atoms with Gasteiger partial charge in [-0.15, -0.1) is 12.4 Å². The van der Waals surface area contributed by atoms with Gasteiger partial charge in [-0.25, -0.2) is 4.79 Å². The molecule has 0 saturated carbocycles. The summed E-state index contributed by atoms with van der Waals surface area (Å²) in [5.74, 6) is 0. The van der Waals surface area contributed by atoms with Crippen molar-refractivity contribution in [1.82, 2.24) is 10.2 Å². The number of carbonyl (C=O) groups excluding carboxylic acids is 1. The smallest absolute Gasteiger partial charge is 0.317 e. The third-order valence-corrected chi connectivity index (χ3v) is 1.41. The Bertz CT molecular complexity index is 124. The SMILES string of the molecule is CNC(=O)N1CC(N)C1.Cl. The van der Waals surface area contributed by atoms with Crippen LogP contribution >= 0.6 is 12.4 Å². The summed E-state index contributed by atoms with van der Waals surface area (Å²) in [5, 5.41) is 2.52. The van der Waals surface area contributed by atoms with Gasteiger partial charge in [0, 0.05) is 26.2 Å². The third kappa shape index (κ3) is 1.75. The van der Waals surface area contributed by atoms with E-state index in [0.29, 0.717) is 13.1 Å². The zero-order valence-electron chi connectivity index (χ0n) is 5.83. The maximum absolute atomic E-state index is 10.7. The van der Waals surface area contributed by atoms with Crippen LogP contribution < -0.4 is 11.1 Å². The first-order valence-electron chi connectivity index (χ1n) is 2.96. The van der Waals surface area contributed by atoms with Crippen molar-refractivity contribution in [3.05, 3.63) is 0 Å². The van der Waals surface area contributed by atoms with Crippen molar-refractivity contribution in [3.8, 4) is 0 Å². The number of nitrogens with two attached hydrogens (primary N) is 1. The molecule has 10 heavy (non-hydrogen) atoms. The standard InChI is InChI=1S/C5H11N3O.ClH/c1-7-5(9)8-2-4(6)3-8;/h4H,2-3,6H2,1H3,(H,7,9);1H. The second-order valence-electron chi connectivity index (χ2n) is 2.22. The lowest BCUT2D eigenvalue weighted by Gasteiger charge is -2.36. The van der Waals surface area contributed by atoms with Crippen LogP contribution in [0, 0.1) is 0 Å². The molecule has 1 saturated heterocycles. The number of hydrogen-bond donors (Lipinski definition) is 2. The van der Waals surface area contributed by atoms with Crippen molar-refractivity contribution >= 4 is 18.4 Å². The molecule has 0 bridgehead atoms. The fourth-order valence-electron chi connectivity index (χ4n) is 0.837. The molecule has 4 nitrogen and oxygen atoms in total. The van der Waals surface area contributed by atoms with Gasteiger partial charge in [0.25, 0.3) is 0 Å². The minimum Gasteiger partial charge on any atom is -0.341 e. The molecule has 0 atom stereocenters. The van der Waals surface area contributed by atoms with Crippen LogP contribution in [0.2, 0.25) is 0 Å². The number of hydrogen-bond acceptors (Lipinski definition) is 2. The molecule has 1 aliphatic rings. The minimum atomic E-state index is -0.0308. The molecular weight excluding hydrogens is 154 g/mol. The molecule has 3 N–H and O–H groups in total. The fourth-order valence-corrected chi connectivity index (χ4v) is 0.837. The second kappa shape index (κ2) is 3.63. The van der Waals surface area contributed by atoms with Crippen molar-refractivity contribution in [2.45, 2.75) is 6.04 Å². The number of rotatable bonds is 0. The first-order chi connectivity index (χ1) is 4.24. The minimum absolute atomic E-state index is 0. The van der Waals surface area contributed by atoms with Gasteiger partial charge < -0.3 is 16.0 Å². The zero-order valence-corrected chi connectivity index (χ0v) is 6.65. The summed E-state index contributed by atoms with van der Waals surface area (Å²) in [6.07, 6.45) is 0. The Kier molecular flexibility index (Phi) is 3.46. The quantitative estimate of drug-likeness (QED) is 0.503. The predicted molar refractivity (Wildman–Crippen MR) is 41.3 cm³/mol. The molecule has 0 aliphatic carbocycles. The monoisotopic (exact) mass is 165 g/mol. The first-order valence-corrected chi connectivity index (χ1v) is 2.96. The van der Waals surface area contributed by atoms with Crippen LogP contribution in [0.25, 0.3) is 0 Å². The highest BCUT2D eigenvalue weighted by molar-refractivity contribution is 5.85. The predicted octanol–water partition coefficient (Wildman–Crippen LogP) is -0.609. The van der Waals surface area contributed by atoms with Gasteiger partial charge in [0.15, 0.2) is 0 Å². The van der Waals surface area contributed by atoms with Gasteiger partial charge in [-0.1, -0.05) is 0 Å². The molecule has 5 heteroatoms. The molecule has 1 fully saturated rings. The highest BCUT2D eigenvalue weighted by Crippen LogP contribution is 2.03. The Balaban J connectivity index is 0.000000810. The van der Waals surface area contributed by atoms with Crippen LogP contribution in [0.1, 0.15) is 0 Å². The summed E-state index contributed by atoms with van der Waals surface area (Å²) in [5.41, 5.74) is 5.44. The lowest BCUT2D eigenvalue weighted by Crippen LogP contribution is -2.59. The summed E-state index contributed by atoms with van der Waals surface area (Å²) in [6.45, 7) is 1.39. The van der Waals surface area contributed by atoms with Gasteiger partial charge in [-0.2, -0.15) is 0 Å². The average molecular weight is 166 g/mol. The Morgan fingerprint density at radius 3 is 2.50 bits per heavy atom. The summed E-state index contributed by atoms with van der Waals surface area (Å²) in [7, 11) is 1.62. The topological polar surface area (TPSA) is 58.4 Å². The normalized spacial score (nSPS) is 17.2. The maximum Gasteiger partial charge on any atom is 0.317 e. The van der Waals surface area contributed by atoms with Crippen molar-refractivity contribution in [3.63, 3.8) is 0 Å². The number of nitrogens with zero attached hydrogens (tertiary/aromatic N) is 1. The molecule has 1 rings (SSSR count). The van der Waals surface area contributed by atoms with E-state index in [1.54, 1.807) is 11.9 Å². The van der Waals surface area contributed by atoms with Crippen LogP contribution in [0.15, 0.2) is 0 Å². The van der Waals surface area contributed by atoms with Gasteiger partial charge in [0.05, 0.1) is 0 Å².